The van der Waals surface area contributed by atoms with Crippen molar-refractivity contribution in [1.82, 2.24) is 19.7 Å². The number of nitrogens with zero attached hydrogens (tertiary/aromatic N) is 4. The molecule has 4 rings (SSSR count). The fraction of sp³-hybridized carbons (Fsp3) is 0.304. The second kappa shape index (κ2) is 9.42. The summed E-state index contributed by atoms with van der Waals surface area (Å²) >= 11 is 1.55. The van der Waals surface area contributed by atoms with Gasteiger partial charge in [0.05, 0.1) is 43.8 Å². The van der Waals surface area contributed by atoms with E-state index in [0.717, 1.165) is 15.8 Å². The Morgan fingerprint density at radius 3 is 2.94 bits per heavy atom. The molecule has 0 aliphatic carbocycles. The lowest BCUT2D eigenvalue weighted by molar-refractivity contribution is -0.127. The molecule has 1 aromatic carbocycles. The van der Waals surface area contributed by atoms with Crippen LogP contribution >= 0.6 is 11.3 Å². The maximum Gasteiger partial charge on any atom is 0.255 e. The number of methoxy groups -OCH3 is 1. The van der Waals surface area contributed by atoms with Crippen molar-refractivity contribution in [2.75, 3.05) is 32.6 Å². The molecule has 3 heterocycles. The highest BCUT2D eigenvalue weighted by atomic mass is 32.1. The summed E-state index contributed by atoms with van der Waals surface area (Å²) in [7, 11) is 7.11. The minimum atomic E-state index is -0.816. The van der Waals surface area contributed by atoms with E-state index in [0.29, 0.717) is 18.8 Å². The first-order chi connectivity index (χ1) is 16.3. The van der Waals surface area contributed by atoms with Gasteiger partial charge < -0.3 is 20.7 Å². The number of nitrogens with one attached hydrogen (secondary N) is 1. The molecule has 1 aliphatic rings. The van der Waals surface area contributed by atoms with E-state index in [1.165, 1.54) is 6.08 Å². The molecule has 1 fully saturated rings. The highest BCUT2D eigenvalue weighted by Gasteiger charge is 2.46. The molecule has 0 saturated carbocycles. The van der Waals surface area contributed by atoms with Crippen LogP contribution in [-0.4, -0.2) is 75.1 Å². The Bertz CT molecular complexity index is 1340. The number of aromatic nitrogens is 3. The summed E-state index contributed by atoms with van der Waals surface area (Å²) in [5.41, 5.74) is 9.52. The molecule has 2 atom stereocenters. The Labute approximate surface area is 204 Å². The fourth-order valence-corrected chi connectivity index (χ4v) is 5.42. The van der Waals surface area contributed by atoms with Crippen molar-refractivity contribution in [1.29, 1.82) is 0 Å². The lowest BCUT2D eigenvalue weighted by atomic mass is 10.1. The van der Waals surface area contributed by atoms with Crippen molar-refractivity contribution in [2.45, 2.75) is 17.6 Å². The SMILES string of the molecule is C=CC(=O)N1C[C@@]([Si])(n2nc(C#Cc3ccc4scnc4c3)c(C(N)=O)c2NC)C[C@@H]1COC. The van der Waals surface area contributed by atoms with Crippen molar-refractivity contribution >= 4 is 49.4 Å². The van der Waals surface area contributed by atoms with Crippen molar-refractivity contribution in [3.63, 3.8) is 0 Å². The molecule has 0 bridgehead atoms. The third-order valence-electron chi connectivity index (χ3n) is 5.69. The smallest absolute Gasteiger partial charge is 0.255 e. The van der Waals surface area contributed by atoms with Crippen LogP contribution in [0.2, 0.25) is 0 Å². The maximum absolute atomic E-state index is 12.5. The standard InChI is InChI=1S/C23H23N6O3SSi/c1-4-19(30)28-12-23(34,10-15(28)11-32-3)29-22(25-2)20(21(24)31)16(27-29)7-5-14-6-8-18-17(9-14)26-13-33-18/h4,6,8-9,13,15,25H,1,10-12H2,2-3H3,(H2,24,31)/t15-,23-/m1/s1. The molecule has 9 nitrogen and oxygen atoms in total. The molecule has 1 aliphatic heterocycles. The fourth-order valence-electron chi connectivity index (χ4n) is 4.19. The van der Waals surface area contributed by atoms with Gasteiger partial charge in [0.15, 0.2) is 5.69 Å². The van der Waals surface area contributed by atoms with Crippen molar-refractivity contribution in [3.05, 3.63) is 53.2 Å². The zero-order valence-electron chi connectivity index (χ0n) is 18.8. The van der Waals surface area contributed by atoms with Gasteiger partial charge in [-0.1, -0.05) is 12.5 Å². The first-order valence-corrected chi connectivity index (χ1v) is 11.8. The van der Waals surface area contributed by atoms with Crippen LogP contribution in [0.1, 0.15) is 28.0 Å². The van der Waals surface area contributed by atoms with Crippen LogP contribution in [-0.2, 0) is 14.7 Å². The average molecular weight is 492 g/mol. The Balaban J connectivity index is 1.77. The minimum Gasteiger partial charge on any atom is -0.383 e. The summed E-state index contributed by atoms with van der Waals surface area (Å²) in [4.78, 5) is 30.9. The number of carbonyl (C=O) groups excluding carboxylic acids is 2. The summed E-state index contributed by atoms with van der Waals surface area (Å²) in [5, 5.41) is 6.86. The number of thiazole rings is 1. The van der Waals surface area contributed by atoms with Gasteiger partial charge in [0.1, 0.15) is 11.4 Å². The van der Waals surface area contributed by atoms with Gasteiger partial charge in [-0.25, -0.2) is 9.67 Å². The van der Waals surface area contributed by atoms with Gasteiger partial charge in [-0.05, 0) is 36.6 Å². The third-order valence-corrected chi connectivity index (χ3v) is 7.08. The number of fused-ring (bicyclic) bond motifs is 1. The molecular weight excluding hydrogens is 468 g/mol. The quantitative estimate of drug-likeness (QED) is 0.305. The summed E-state index contributed by atoms with van der Waals surface area (Å²) in [6, 6.07) is 5.52. The first kappa shape index (κ1) is 23.7. The number of anilines is 1. The van der Waals surface area contributed by atoms with Crippen LogP contribution in [0.5, 0.6) is 0 Å². The number of carbonyl (C=O) groups is 2. The minimum absolute atomic E-state index is 0.180. The zero-order valence-corrected chi connectivity index (χ0v) is 20.6. The van der Waals surface area contributed by atoms with E-state index >= 15 is 0 Å². The summed E-state index contributed by atoms with van der Waals surface area (Å²) in [6.45, 7) is 4.22. The Kier molecular flexibility index (Phi) is 6.56. The van der Waals surface area contributed by atoms with E-state index in [2.05, 4.69) is 44.1 Å². The predicted molar refractivity (Wildman–Crippen MR) is 132 cm³/mol. The van der Waals surface area contributed by atoms with E-state index in [1.807, 2.05) is 18.2 Å². The van der Waals surface area contributed by atoms with Crippen LogP contribution in [0.4, 0.5) is 5.82 Å². The van der Waals surface area contributed by atoms with Crippen LogP contribution in [0.15, 0.2) is 36.4 Å². The number of amides is 2. The van der Waals surface area contributed by atoms with Gasteiger partial charge in [0, 0.05) is 26.3 Å². The van der Waals surface area contributed by atoms with Gasteiger partial charge in [0.25, 0.3) is 5.91 Å². The average Bonchev–Trinajstić information content (AvgIpc) is 3.52. The van der Waals surface area contributed by atoms with Crippen LogP contribution in [0.3, 0.4) is 0 Å². The highest BCUT2D eigenvalue weighted by Crippen LogP contribution is 2.35. The van der Waals surface area contributed by atoms with E-state index in [9.17, 15) is 9.59 Å². The molecule has 3 N–H and O–H groups in total. The topological polar surface area (TPSA) is 115 Å². The Hall–Kier alpha value is -3.46. The monoisotopic (exact) mass is 491 g/mol. The van der Waals surface area contributed by atoms with Crippen molar-refractivity contribution in [2.24, 2.45) is 5.73 Å². The third kappa shape index (κ3) is 4.23. The number of primary amides is 1. The van der Waals surface area contributed by atoms with Crippen LogP contribution < -0.4 is 11.1 Å². The second-order valence-electron chi connectivity index (χ2n) is 7.90. The number of rotatable bonds is 6. The molecule has 173 valence electrons. The van der Waals surface area contributed by atoms with Crippen LogP contribution in [0, 0.1) is 11.8 Å². The normalized spacial score (nSPS) is 19.6. The van der Waals surface area contributed by atoms with Gasteiger partial charge in [-0.2, -0.15) is 5.10 Å². The molecule has 2 amide bonds. The Morgan fingerprint density at radius 2 is 2.26 bits per heavy atom. The molecule has 3 aromatic rings. The first-order valence-electron chi connectivity index (χ1n) is 10.4. The molecule has 0 unspecified atom stereocenters. The number of hydrogen-bond acceptors (Lipinski definition) is 7. The summed E-state index contributed by atoms with van der Waals surface area (Å²) < 4.78 is 8.02. The maximum atomic E-state index is 12.5. The summed E-state index contributed by atoms with van der Waals surface area (Å²) in [6.07, 6.45) is 1.76. The largest absolute Gasteiger partial charge is 0.383 e. The number of benzene rings is 1. The van der Waals surface area contributed by atoms with E-state index in [1.54, 1.807) is 40.6 Å². The molecule has 11 heteroatoms. The number of nitrogens with two attached hydrogens (primary N) is 1. The lowest BCUT2D eigenvalue weighted by Gasteiger charge is -2.27. The molecule has 1 saturated heterocycles. The van der Waals surface area contributed by atoms with Crippen molar-refractivity contribution in [3.8, 4) is 11.8 Å². The van der Waals surface area contributed by atoms with E-state index in [4.69, 9.17) is 10.5 Å². The van der Waals surface area contributed by atoms with Gasteiger partial charge in [-0.3, -0.25) is 9.59 Å². The summed E-state index contributed by atoms with van der Waals surface area (Å²) in [5.74, 6) is 5.59. The Morgan fingerprint density at radius 1 is 1.47 bits per heavy atom. The molecule has 0 spiro atoms. The van der Waals surface area contributed by atoms with Gasteiger partial charge in [0.2, 0.25) is 5.91 Å². The number of ether oxygens (including phenoxy) is 1. The van der Waals surface area contributed by atoms with Crippen molar-refractivity contribution < 1.29 is 14.3 Å². The predicted octanol–water partition coefficient (Wildman–Crippen LogP) is 1.29. The number of likely N-dealkylation sites (tertiary alicyclic amines) is 1. The molecular formula is C23H23N6O3SSi. The van der Waals surface area contributed by atoms with Gasteiger partial charge >= 0.3 is 0 Å². The highest BCUT2D eigenvalue weighted by molar-refractivity contribution is 7.16. The number of hydrogen-bond donors (Lipinski definition) is 2. The molecule has 3 radical (unpaired) electrons. The second-order valence-corrected chi connectivity index (χ2v) is 9.72. The zero-order chi connectivity index (χ0) is 24.5. The van der Waals surface area contributed by atoms with E-state index in [-0.39, 0.29) is 29.8 Å². The molecule has 2 aromatic heterocycles. The van der Waals surface area contributed by atoms with Gasteiger partial charge in [-0.15, -0.1) is 11.3 Å². The molecule has 34 heavy (non-hydrogen) atoms. The van der Waals surface area contributed by atoms with Crippen LogP contribution in [0.25, 0.3) is 10.2 Å². The van der Waals surface area contributed by atoms with E-state index < -0.39 is 11.1 Å². The lowest BCUT2D eigenvalue weighted by Crippen LogP contribution is -2.41.